The molecule has 9 atom stereocenters. The number of carbonyl (C=O) groups excluding carboxylic acids is 4. The Labute approximate surface area is 316 Å². The molecule has 0 spiro atoms. The molecule has 15 heteroatoms. The first-order chi connectivity index (χ1) is 24.8. The average Bonchev–Trinajstić information content (AvgIpc) is 3.59. The lowest BCUT2D eigenvalue weighted by Crippen LogP contribution is -2.59. The number of carbonyl (C=O) groups is 4. The minimum absolute atomic E-state index is 0.0122. The van der Waals surface area contributed by atoms with Crippen molar-refractivity contribution in [2.24, 2.45) is 23.7 Å². The lowest BCUT2D eigenvalue weighted by Gasteiger charge is -2.41. The van der Waals surface area contributed by atoms with Gasteiger partial charge in [-0.2, -0.15) is 0 Å². The number of likely N-dealkylation sites (tertiary alicyclic amines) is 1. The van der Waals surface area contributed by atoms with Crippen molar-refractivity contribution in [1.29, 1.82) is 0 Å². The van der Waals surface area contributed by atoms with Crippen LogP contribution in [0, 0.1) is 23.7 Å². The lowest BCUT2D eigenvalue weighted by atomic mass is 9.89. The maximum Gasteiger partial charge on any atom is 0.347 e. The number of likely N-dealkylation sites (N-methyl/N-ethyl adjacent to an activating group) is 2. The van der Waals surface area contributed by atoms with E-state index in [0.29, 0.717) is 31.4 Å². The highest BCUT2D eigenvalue weighted by molar-refractivity contribution is 7.52. The van der Waals surface area contributed by atoms with Gasteiger partial charge in [0.15, 0.2) is 0 Å². The Kier molecular flexibility index (Phi) is 18.6. The summed E-state index contributed by atoms with van der Waals surface area (Å²) < 4.78 is 24.2. The van der Waals surface area contributed by atoms with Crippen molar-refractivity contribution in [3.05, 3.63) is 35.9 Å². The van der Waals surface area contributed by atoms with E-state index in [9.17, 15) is 33.5 Å². The first-order valence-corrected chi connectivity index (χ1v) is 20.5. The number of benzene rings is 1. The van der Waals surface area contributed by atoms with Crippen LogP contribution in [0.3, 0.4) is 0 Å². The third kappa shape index (κ3) is 12.6. The Bertz CT molecular complexity index is 1380. The van der Waals surface area contributed by atoms with Gasteiger partial charge in [0, 0.05) is 34.2 Å². The van der Waals surface area contributed by atoms with Crippen LogP contribution in [-0.2, 0) is 39.6 Å². The zero-order valence-corrected chi connectivity index (χ0v) is 34.5. The lowest BCUT2D eigenvalue weighted by molar-refractivity contribution is -0.147. The molecule has 1 fully saturated rings. The van der Waals surface area contributed by atoms with E-state index in [-0.39, 0.29) is 48.3 Å². The number of rotatable bonds is 21. The van der Waals surface area contributed by atoms with E-state index in [0.717, 1.165) is 0 Å². The minimum atomic E-state index is -4.71. The Morgan fingerprint density at radius 2 is 1.55 bits per heavy atom. The molecule has 53 heavy (non-hydrogen) atoms. The van der Waals surface area contributed by atoms with Gasteiger partial charge in [0.25, 0.3) is 0 Å². The average molecular weight is 768 g/mol. The molecule has 14 nitrogen and oxygen atoms in total. The Morgan fingerprint density at radius 1 is 0.943 bits per heavy atom. The fraction of sp³-hybridized carbons (Fsp3) is 0.737. The SMILES string of the molecule is CC[C@H](C)[C@@H]([C@@H](CC(=O)N1CCC[C@H]1[C@H](OC)[C@@H](C)C(=O)N[C@@H](Cc1ccccc1)P(=O)(O)O)OC)N(C)C(=O)[C@@H](NC(=O)[C@@H](NC)C(C)C)C(C)C. The van der Waals surface area contributed by atoms with Gasteiger partial charge in [0.05, 0.1) is 42.7 Å². The number of hydrogen-bond donors (Lipinski definition) is 5. The van der Waals surface area contributed by atoms with Crippen molar-refractivity contribution in [2.45, 2.75) is 123 Å². The maximum absolute atomic E-state index is 14.1. The van der Waals surface area contributed by atoms with Gasteiger partial charge in [-0.15, -0.1) is 0 Å². The molecule has 1 aliphatic rings. The van der Waals surface area contributed by atoms with Crippen LogP contribution in [0.4, 0.5) is 0 Å². The molecule has 2 rings (SSSR count). The summed E-state index contributed by atoms with van der Waals surface area (Å²) in [4.78, 5) is 78.4. The van der Waals surface area contributed by atoms with E-state index >= 15 is 0 Å². The Balaban J connectivity index is 2.28. The Hall–Kier alpha value is -2.87. The summed E-state index contributed by atoms with van der Waals surface area (Å²) in [6, 6.07) is 6.55. The monoisotopic (exact) mass is 767 g/mol. The summed E-state index contributed by atoms with van der Waals surface area (Å²) >= 11 is 0. The molecule has 0 saturated carbocycles. The zero-order valence-electron chi connectivity index (χ0n) is 33.6. The quantitative estimate of drug-likeness (QED) is 0.116. The molecule has 0 aromatic heterocycles. The van der Waals surface area contributed by atoms with Crippen LogP contribution in [-0.4, -0.2) is 120 Å². The molecule has 0 bridgehead atoms. The summed E-state index contributed by atoms with van der Waals surface area (Å²) in [6.07, 6.45) is 0.416. The van der Waals surface area contributed by atoms with Crippen LogP contribution in [0.15, 0.2) is 30.3 Å². The van der Waals surface area contributed by atoms with Gasteiger partial charge in [-0.3, -0.25) is 23.7 Å². The number of ether oxygens (including phenoxy) is 2. The van der Waals surface area contributed by atoms with Crippen molar-refractivity contribution in [1.82, 2.24) is 25.8 Å². The molecule has 1 aliphatic heterocycles. The van der Waals surface area contributed by atoms with Crippen LogP contribution in [0.2, 0.25) is 0 Å². The largest absolute Gasteiger partial charge is 0.379 e. The van der Waals surface area contributed by atoms with Gasteiger partial charge in [0.1, 0.15) is 11.8 Å². The molecule has 1 aromatic carbocycles. The highest BCUT2D eigenvalue weighted by atomic mass is 31.2. The predicted octanol–water partition coefficient (Wildman–Crippen LogP) is 3.15. The van der Waals surface area contributed by atoms with Gasteiger partial charge in [-0.05, 0) is 43.2 Å². The summed E-state index contributed by atoms with van der Waals surface area (Å²) in [5.74, 6) is -3.87. The van der Waals surface area contributed by atoms with Crippen molar-refractivity contribution in [2.75, 3.05) is 34.9 Å². The van der Waals surface area contributed by atoms with E-state index in [1.54, 1.807) is 61.2 Å². The first kappa shape index (κ1) is 46.3. The standard InChI is InChI=1S/C38H66N5O9P/c1-12-25(6)34(42(9)38(47)33(24(4)5)41-37(46)32(39-8)23(2)3)29(51-10)22-31(44)43-20-16-19-28(43)35(52-11)26(7)36(45)40-30(53(48,49)50)21-27-17-14-13-15-18-27/h13-15,17-18,23-26,28-30,32-35,39H,12,16,19-22H2,1-11H3,(H,40,45)(H,41,46)(H2,48,49,50)/t25-,26+,28-,29+,30+,32-,33-,34-,35+/m0/s1. The molecular formula is C38H66N5O9P. The minimum Gasteiger partial charge on any atom is -0.379 e. The van der Waals surface area contributed by atoms with Gasteiger partial charge in [0.2, 0.25) is 23.6 Å². The smallest absolute Gasteiger partial charge is 0.347 e. The molecule has 1 saturated heterocycles. The summed E-state index contributed by atoms with van der Waals surface area (Å²) in [5, 5.41) is 8.55. The molecule has 5 N–H and O–H groups in total. The topological polar surface area (TPSA) is 187 Å². The molecule has 0 radical (unpaired) electrons. The second-order valence-corrected chi connectivity index (χ2v) is 16.9. The molecule has 0 aliphatic carbocycles. The second-order valence-electron chi connectivity index (χ2n) is 15.1. The second kappa shape index (κ2) is 21.3. The van der Waals surface area contributed by atoms with Gasteiger partial charge in [-0.1, -0.05) is 85.2 Å². The van der Waals surface area contributed by atoms with Gasteiger partial charge < -0.3 is 45.0 Å². The van der Waals surface area contributed by atoms with Crippen LogP contribution in [0.1, 0.15) is 79.7 Å². The molecule has 4 amide bonds. The van der Waals surface area contributed by atoms with E-state index in [1.165, 1.54) is 14.2 Å². The number of amides is 4. The van der Waals surface area contributed by atoms with Crippen LogP contribution in [0.25, 0.3) is 0 Å². The summed E-state index contributed by atoms with van der Waals surface area (Å²) in [5.41, 5.74) is 0.665. The fourth-order valence-electron chi connectivity index (χ4n) is 7.44. The number of nitrogens with one attached hydrogen (secondary N) is 3. The predicted molar refractivity (Wildman–Crippen MR) is 205 cm³/mol. The third-order valence-electron chi connectivity index (χ3n) is 10.7. The van der Waals surface area contributed by atoms with Gasteiger partial charge in [-0.25, -0.2) is 0 Å². The highest BCUT2D eigenvalue weighted by Crippen LogP contribution is 2.41. The van der Waals surface area contributed by atoms with E-state index in [4.69, 9.17) is 9.47 Å². The molecule has 302 valence electrons. The number of nitrogens with zero attached hydrogens (tertiary/aromatic N) is 2. The van der Waals surface area contributed by atoms with Crippen molar-refractivity contribution in [3.8, 4) is 0 Å². The Morgan fingerprint density at radius 3 is 2.04 bits per heavy atom. The van der Waals surface area contributed by atoms with E-state index < -0.39 is 61.6 Å². The van der Waals surface area contributed by atoms with Crippen molar-refractivity contribution in [3.63, 3.8) is 0 Å². The van der Waals surface area contributed by atoms with Gasteiger partial charge >= 0.3 is 7.60 Å². The van der Waals surface area contributed by atoms with Crippen LogP contribution < -0.4 is 16.0 Å². The molecule has 0 unspecified atom stereocenters. The molecular weight excluding hydrogens is 701 g/mol. The van der Waals surface area contributed by atoms with Crippen molar-refractivity contribution >= 4 is 31.2 Å². The normalized spacial score (nSPS) is 19.5. The molecule has 1 aromatic rings. The fourth-order valence-corrected chi connectivity index (χ4v) is 8.18. The van der Waals surface area contributed by atoms with Crippen LogP contribution in [0.5, 0.6) is 0 Å². The number of hydrogen-bond acceptors (Lipinski definition) is 8. The summed E-state index contributed by atoms with van der Waals surface area (Å²) in [7, 11) is 1.67. The third-order valence-corrected chi connectivity index (χ3v) is 11.9. The summed E-state index contributed by atoms with van der Waals surface area (Å²) in [6.45, 7) is 13.7. The maximum atomic E-state index is 14.1. The van der Waals surface area contributed by atoms with Crippen LogP contribution >= 0.6 is 7.60 Å². The first-order valence-electron chi connectivity index (χ1n) is 18.8. The van der Waals surface area contributed by atoms with Crippen molar-refractivity contribution < 1.29 is 43.0 Å². The molecule has 1 heterocycles. The zero-order chi connectivity index (χ0) is 40.2. The van der Waals surface area contributed by atoms with E-state index in [2.05, 4.69) is 16.0 Å². The highest BCUT2D eigenvalue weighted by Gasteiger charge is 2.44. The van der Waals surface area contributed by atoms with E-state index in [1.807, 2.05) is 41.5 Å². The number of methoxy groups -OCH3 is 2.